The predicted molar refractivity (Wildman–Crippen MR) is 127 cm³/mol. The molecule has 2 aromatic carbocycles. The maximum Gasteiger partial charge on any atom is 0.294 e. The molecule has 2 heterocycles. The van der Waals surface area contributed by atoms with Crippen LogP contribution in [0.5, 0.6) is 0 Å². The highest BCUT2D eigenvalue weighted by Gasteiger charge is 2.15. The standard InChI is InChI=1S/C21H22N6O3S.ClH/c1-13-5-6-15(11-19(13)31(28,29)30)23-21-22-10-9-20(24-21)26(3)16-7-8-17-14(2)27(4)25-18(17)12-16;/h5-12H,1-4H3,(H,22,23,24)(H,28,29,30);1H. The molecule has 0 spiro atoms. The van der Waals surface area contributed by atoms with Crippen LogP contribution in [-0.2, 0) is 17.2 Å². The van der Waals surface area contributed by atoms with Gasteiger partial charge in [0, 0.05) is 42.7 Å². The van der Waals surface area contributed by atoms with Crippen molar-refractivity contribution in [2.45, 2.75) is 18.7 Å². The first kappa shape index (κ1) is 23.5. The largest absolute Gasteiger partial charge is 0.329 e. The molecule has 11 heteroatoms. The van der Waals surface area contributed by atoms with E-state index in [1.807, 2.05) is 48.8 Å². The normalized spacial score (nSPS) is 11.3. The summed E-state index contributed by atoms with van der Waals surface area (Å²) in [5, 5.41) is 8.62. The smallest absolute Gasteiger partial charge is 0.294 e. The second-order valence-electron chi connectivity index (χ2n) is 7.29. The Hall–Kier alpha value is -3.21. The van der Waals surface area contributed by atoms with Gasteiger partial charge in [-0.1, -0.05) is 6.07 Å². The molecule has 4 rings (SSSR count). The van der Waals surface area contributed by atoms with Gasteiger partial charge in [0.25, 0.3) is 10.1 Å². The van der Waals surface area contributed by atoms with Crippen LogP contribution in [0.4, 0.5) is 23.1 Å². The Morgan fingerprint density at radius 3 is 2.56 bits per heavy atom. The lowest BCUT2D eigenvalue weighted by atomic mass is 10.2. The van der Waals surface area contributed by atoms with Gasteiger partial charge in [0.2, 0.25) is 5.95 Å². The first-order valence-corrected chi connectivity index (χ1v) is 10.9. The van der Waals surface area contributed by atoms with Crippen molar-refractivity contribution in [2.75, 3.05) is 17.3 Å². The minimum absolute atomic E-state index is 0. The molecule has 9 nitrogen and oxygen atoms in total. The topological polar surface area (TPSA) is 113 Å². The molecule has 32 heavy (non-hydrogen) atoms. The molecule has 0 aliphatic carbocycles. The third-order valence-corrected chi connectivity index (χ3v) is 6.20. The second-order valence-corrected chi connectivity index (χ2v) is 8.68. The van der Waals surface area contributed by atoms with Crippen LogP contribution in [0.1, 0.15) is 11.3 Å². The molecule has 0 atom stereocenters. The maximum absolute atomic E-state index is 11.6. The van der Waals surface area contributed by atoms with Crippen LogP contribution in [0.15, 0.2) is 53.6 Å². The van der Waals surface area contributed by atoms with E-state index in [1.165, 1.54) is 6.07 Å². The number of rotatable bonds is 5. The van der Waals surface area contributed by atoms with E-state index in [9.17, 15) is 13.0 Å². The lowest BCUT2D eigenvalue weighted by Crippen LogP contribution is -2.12. The van der Waals surface area contributed by atoms with Crippen molar-refractivity contribution in [1.82, 2.24) is 19.7 Å². The number of nitrogens with zero attached hydrogens (tertiary/aromatic N) is 5. The zero-order valence-corrected chi connectivity index (χ0v) is 19.6. The van der Waals surface area contributed by atoms with Gasteiger partial charge in [-0.15, -0.1) is 12.4 Å². The highest BCUT2D eigenvalue weighted by Crippen LogP contribution is 2.28. The summed E-state index contributed by atoms with van der Waals surface area (Å²) in [4.78, 5) is 10.5. The van der Waals surface area contributed by atoms with Gasteiger partial charge >= 0.3 is 0 Å². The molecule has 0 aliphatic rings. The van der Waals surface area contributed by atoms with Crippen LogP contribution in [0.25, 0.3) is 10.9 Å². The maximum atomic E-state index is 11.6. The van der Waals surface area contributed by atoms with E-state index in [1.54, 1.807) is 31.3 Å². The van der Waals surface area contributed by atoms with Crippen molar-refractivity contribution in [3.8, 4) is 0 Å². The van der Waals surface area contributed by atoms with E-state index >= 15 is 0 Å². The molecule has 0 amide bonds. The van der Waals surface area contributed by atoms with Gasteiger partial charge in [-0.2, -0.15) is 18.5 Å². The molecular formula is C21H23ClN6O3S. The van der Waals surface area contributed by atoms with Gasteiger partial charge < -0.3 is 10.2 Å². The fourth-order valence-corrected chi connectivity index (χ4v) is 4.09. The zero-order chi connectivity index (χ0) is 22.3. The number of aromatic nitrogens is 4. The molecule has 0 bridgehead atoms. The van der Waals surface area contributed by atoms with Gasteiger partial charge in [0.05, 0.1) is 10.4 Å². The summed E-state index contributed by atoms with van der Waals surface area (Å²) in [5.41, 5.74) is 3.81. The van der Waals surface area contributed by atoms with Crippen LogP contribution in [0, 0.1) is 13.8 Å². The number of benzene rings is 2. The number of hydrogen-bond acceptors (Lipinski definition) is 7. The van der Waals surface area contributed by atoms with Crippen molar-refractivity contribution >= 4 is 56.6 Å². The molecule has 2 aromatic heterocycles. The van der Waals surface area contributed by atoms with Gasteiger partial charge in [-0.25, -0.2) is 4.98 Å². The van der Waals surface area contributed by atoms with E-state index in [2.05, 4.69) is 20.4 Å². The number of fused-ring (bicyclic) bond motifs is 1. The summed E-state index contributed by atoms with van der Waals surface area (Å²) < 4.78 is 34.4. The Bertz CT molecular complexity index is 1400. The molecule has 0 unspecified atom stereocenters. The average Bonchev–Trinajstić information content (AvgIpc) is 3.01. The van der Waals surface area contributed by atoms with E-state index in [-0.39, 0.29) is 17.3 Å². The molecule has 0 aliphatic heterocycles. The summed E-state index contributed by atoms with van der Waals surface area (Å²) in [6.07, 6.45) is 1.61. The van der Waals surface area contributed by atoms with E-state index in [0.29, 0.717) is 23.0 Å². The fraction of sp³-hybridized carbons (Fsp3) is 0.190. The SMILES string of the molecule is Cc1ccc(Nc2nccc(N(C)c3ccc4c(C)n(C)nc4c3)n2)cc1S(=O)(=O)O.Cl. The molecule has 0 saturated carbocycles. The summed E-state index contributed by atoms with van der Waals surface area (Å²) >= 11 is 0. The van der Waals surface area contributed by atoms with Crippen LogP contribution in [0.2, 0.25) is 0 Å². The van der Waals surface area contributed by atoms with Crippen molar-refractivity contribution < 1.29 is 13.0 Å². The van der Waals surface area contributed by atoms with Crippen LogP contribution in [0.3, 0.4) is 0 Å². The van der Waals surface area contributed by atoms with E-state index in [0.717, 1.165) is 22.3 Å². The van der Waals surface area contributed by atoms with Gasteiger partial charge in [0.15, 0.2) is 0 Å². The zero-order valence-electron chi connectivity index (χ0n) is 17.9. The van der Waals surface area contributed by atoms with Crippen LogP contribution in [-0.4, -0.2) is 39.8 Å². The molecule has 168 valence electrons. The quantitative estimate of drug-likeness (QED) is 0.414. The summed E-state index contributed by atoms with van der Waals surface area (Å²) in [6, 6.07) is 12.5. The third-order valence-electron chi connectivity index (χ3n) is 5.21. The van der Waals surface area contributed by atoms with E-state index in [4.69, 9.17) is 0 Å². The summed E-state index contributed by atoms with van der Waals surface area (Å²) in [7, 11) is -0.511. The Morgan fingerprint density at radius 2 is 1.84 bits per heavy atom. The van der Waals surface area contributed by atoms with Crippen molar-refractivity contribution in [2.24, 2.45) is 7.05 Å². The lowest BCUT2D eigenvalue weighted by molar-refractivity contribution is 0.482. The van der Waals surface area contributed by atoms with Gasteiger partial charge in [-0.3, -0.25) is 9.23 Å². The summed E-state index contributed by atoms with van der Waals surface area (Å²) in [5.74, 6) is 0.941. The number of aryl methyl sites for hydroxylation is 3. The van der Waals surface area contributed by atoms with Crippen molar-refractivity contribution in [1.29, 1.82) is 0 Å². The number of hydrogen-bond donors (Lipinski definition) is 2. The Labute approximate surface area is 192 Å². The molecule has 0 saturated heterocycles. The average molecular weight is 475 g/mol. The number of nitrogens with one attached hydrogen (secondary N) is 1. The van der Waals surface area contributed by atoms with Crippen LogP contribution >= 0.6 is 12.4 Å². The number of halogens is 1. The highest BCUT2D eigenvalue weighted by atomic mass is 35.5. The molecular weight excluding hydrogens is 452 g/mol. The Morgan fingerprint density at radius 1 is 1.09 bits per heavy atom. The van der Waals surface area contributed by atoms with E-state index < -0.39 is 10.1 Å². The molecule has 2 N–H and O–H groups in total. The molecule has 0 radical (unpaired) electrons. The Kier molecular flexibility index (Phi) is 6.40. The van der Waals surface area contributed by atoms with Crippen molar-refractivity contribution in [3.63, 3.8) is 0 Å². The summed E-state index contributed by atoms with van der Waals surface area (Å²) in [6.45, 7) is 3.64. The van der Waals surface area contributed by atoms with Gasteiger partial charge in [0.1, 0.15) is 5.82 Å². The minimum Gasteiger partial charge on any atom is -0.329 e. The highest BCUT2D eigenvalue weighted by molar-refractivity contribution is 7.85. The first-order valence-electron chi connectivity index (χ1n) is 9.49. The fourth-order valence-electron chi connectivity index (χ4n) is 3.34. The minimum atomic E-state index is -4.32. The second kappa shape index (κ2) is 8.73. The number of anilines is 4. The lowest BCUT2D eigenvalue weighted by Gasteiger charge is -2.19. The molecule has 0 fully saturated rings. The third kappa shape index (κ3) is 4.52. The van der Waals surface area contributed by atoms with Crippen molar-refractivity contribution in [3.05, 3.63) is 59.9 Å². The Balaban J connectivity index is 0.00000289. The van der Waals surface area contributed by atoms with Gasteiger partial charge in [-0.05, 0) is 55.8 Å². The predicted octanol–water partition coefficient (Wildman–Crippen LogP) is 4.16. The van der Waals surface area contributed by atoms with Crippen LogP contribution < -0.4 is 10.2 Å². The molecule has 4 aromatic rings. The monoisotopic (exact) mass is 474 g/mol. The first-order chi connectivity index (χ1) is 14.6.